The third kappa shape index (κ3) is 3.58. The first kappa shape index (κ1) is 16.5. The van der Waals surface area contributed by atoms with Crippen LogP contribution in [-0.2, 0) is 11.3 Å². The van der Waals surface area contributed by atoms with E-state index in [0.29, 0.717) is 10.0 Å². The maximum Gasteiger partial charge on any atom is 0.260 e. The van der Waals surface area contributed by atoms with E-state index < -0.39 is 0 Å². The molecular formula is C17H14Cl2N4O. The van der Waals surface area contributed by atoms with Gasteiger partial charge in [-0.25, -0.2) is 10.4 Å². The van der Waals surface area contributed by atoms with Crippen molar-refractivity contribution in [2.45, 2.75) is 13.5 Å². The zero-order valence-electron chi connectivity index (χ0n) is 12.8. The number of nitrogens with one attached hydrogen (secondary N) is 1. The van der Waals surface area contributed by atoms with Crippen LogP contribution in [0.3, 0.4) is 0 Å². The molecule has 1 amide bonds. The van der Waals surface area contributed by atoms with Crippen LogP contribution >= 0.6 is 23.2 Å². The lowest BCUT2D eigenvalue weighted by atomic mass is 10.2. The summed E-state index contributed by atoms with van der Waals surface area (Å²) in [7, 11) is 0. The smallest absolute Gasteiger partial charge is 0.260 e. The molecule has 0 aliphatic heterocycles. The molecular weight excluding hydrogens is 347 g/mol. The van der Waals surface area contributed by atoms with E-state index in [2.05, 4.69) is 15.5 Å². The summed E-state index contributed by atoms with van der Waals surface area (Å²) in [6.07, 6.45) is 1.51. The Morgan fingerprint density at radius 2 is 2.04 bits per heavy atom. The highest BCUT2D eigenvalue weighted by Crippen LogP contribution is 2.21. The molecule has 0 aliphatic rings. The van der Waals surface area contributed by atoms with Crippen molar-refractivity contribution in [1.82, 2.24) is 15.0 Å². The number of hydrogen-bond donors (Lipinski definition) is 1. The van der Waals surface area contributed by atoms with Gasteiger partial charge in [-0.15, -0.1) is 0 Å². The van der Waals surface area contributed by atoms with Gasteiger partial charge in [0, 0.05) is 0 Å². The lowest BCUT2D eigenvalue weighted by Crippen LogP contribution is -2.23. The lowest BCUT2D eigenvalue weighted by Gasteiger charge is -2.05. The Labute approximate surface area is 148 Å². The Balaban J connectivity index is 1.68. The standard InChI is InChI=1S/C17H14Cl2N4O/c1-11-21-15-4-2-3-5-16(15)23(11)10-17(24)22-20-9-12-6-7-13(18)14(19)8-12/h2-9H,10H2,1H3,(H,22,24). The number of aromatic nitrogens is 2. The lowest BCUT2D eigenvalue weighted by molar-refractivity contribution is -0.121. The number of rotatable bonds is 4. The largest absolute Gasteiger partial charge is 0.319 e. The van der Waals surface area contributed by atoms with Gasteiger partial charge in [0.15, 0.2) is 0 Å². The number of para-hydroxylation sites is 2. The van der Waals surface area contributed by atoms with Crippen LogP contribution in [-0.4, -0.2) is 21.7 Å². The second-order valence-electron chi connectivity index (χ2n) is 5.20. The highest BCUT2D eigenvalue weighted by molar-refractivity contribution is 6.42. The minimum absolute atomic E-state index is 0.144. The number of hydrazone groups is 1. The first-order valence-electron chi connectivity index (χ1n) is 7.23. The number of halogens is 2. The predicted octanol–water partition coefficient (Wildman–Crippen LogP) is 3.80. The quantitative estimate of drug-likeness (QED) is 0.568. The van der Waals surface area contributed by atoms with E-state index in [1.165, 1.54) is 6.21 Å². The normalized spacial score (nSPS) is 11.3. The average molecular weight is 361 g/mol. The van der Waals surface area contributed by atoms with E-state index in [9.17, 15) is 4.79 Å². The van der Waals surface area contributed by atoms with E-state index in [-0.39, 0.29) is 12.5 Å². The number of fused-ring (bicyclic) bond motifs is 1. The van der Waals surface area contributed by atoms with Gasteiger partial charge in [0.05, 0.1) is 27.3 Å². The van der Waals surface area contributed by atoms with Crippen molar-refractivity contribution in [3.05, 3.63) is 63.9 Å². The summed E-state index contributed by atoms with van der Waals surface area (Å²) in [4.78, 5) is 16.5. The van der Waals surface area contributed by atoms with Crippen molar-refractivity contribution in [3.63, 3.8) is 0 Å². The molecule has 0 spiro atoms. The van der Waals surface area contributed by atoms with Crippen molar-refractivity contribution >= 4 is 46.4 Å². The van der Waals surface area contributed by atoms with Crippen LogP contribution in [0.25, 0.3) is 11.0 Å². The van der Waals surface area contributed by atoms with Gasteiger partial charge in [-0.05, 0) is 36.8 Å². The predicted molar refractivity (Wildman–Crippen MR) is 96.7 cm³/mol. The van der Waals surface area contributed by atoms with Gasteiger partial charge in [-0.1, -0.05) is 41.4 Å². The number of carbonyl (C=O) groups is 1. The van der Waals surface area contributed by atoms with E-state index >= 15 is 0 Å². The molecule has 5 nitrogen and oxygen atoms in total. The van der Waals surface area contributed by atoms with Crippen molar-refractivity contribution in [2.75, 3.05) is 0 Å². The Kier molecular flexibility index (Phi) is 4.83. The number of nitrogens with zero attached hydrogens (tertiary/aromatic N) is 3. The van der Waals surface area contributed by atoms with Gasteiger partial charge < -0.3 is 4.57 Å². The molecule has 0 radical (unpaired) electrons. The highest BCUT2D eigenvalue weighted by atomic mass is 35.5. The second kappa shape index (κ2) is 7.03. The fraction of sp³-hybridized carbons (Fsp3) is 0.118. The molecule has 0 aliphatic carbocycles. The average Bonchev–Trinajstić information content (AvgIpc) is 2.87. The minimum Gasteiger partial charge on any atom is -0.319 e. The van der Waals surface area contributed by atoms with Crippen LogP contribution in [0, 0.1) is 6.92 Å². The summed E-state index contributed by atoms with van der Waals surface area (Å²) in [5, 5.41) is 4.85. The van der Waals surface area contributed by atoms with Crippen molar-refractivity contribution < 1.29 is 4.79 Å². The number of amides is 1. The van der Waals surface area contributed by atoms with E-state index in [1.54, 1.807) is 18.2 Å². The molecule has 0 unspecified atom stereocenters. The molecule has 122 valence electrons. The third-order valence-electron chi connectivity index (χ3n) is 3.49. The van der Waals surface area contributed by atoms with Gasteiger partial charge in [0.25, 0.3) is 5.91 Å². The molecule has 0 atom stereocenters. The molecule has 0 fully saturated rings. The van der Waals surface area contributed by atoms with Crippen LogP contribution in [0.2, 0.25) is 10.0 Å². The zero-order valence-corrected chi connectivity index (χ0v) is 14.3. The Morgan fingerprint density at radius 1 is 1.25 bits per heavy atom. The monoisotopic (exact) mass is 360 g/mol. The van der Waals surface area contributed by atoms with E-state index in [4.69, 9.17) is 23.2 Å². The highest BCUT2D eigenvalue weighted by Gasteiger charge is 2.09. The van der Waals surface area contributed by atoms with Gasteiger partial charge in [0.1, 0.15) is 12.4 Å². The van der Waals surface area contributed by atoms with Gasteiger partial charge in [-0.2, -0.15) is 5.10 Å². The molecule has 1 N–H and O–H groups in total. The van der Waals surface area contributed by atoms with Crippen LogP contribution in [0.1, 0.15) is 11.4 Å². The molecule has 3 aromatic rings. The molecule has 0 saturated carbocycles. The molecule has 1 aromatic heterocycles. The summed E-state index contributed by atoms with van der Waals surface area (Å²) >= 11 is 11.8. The van der Waals surface area contributed by atoms with E-state index in [0.717, 1.165) is 22.4 Å². The molecule has 7 heteroatoms. The van der Waals surface area contributed by atoms with Gasteiger partial charge in [-0.3, -0.25) is 4.79 Å². The zero-order chi connectivity index (χ0) is 17.1. The summed E-state index contributed by atoms with van der Waals surface area (Å²) in [5.41, 5.74) is 5.02. The van der Waals surface area contributed by atoms with Gasteiger partial charge >= 0.3 is 0 Å². The minimum atomic E-state index is -0.238. The summed E-state index contributed by atoms with van der Waals surface area (Å²) in [6, 6.07) is 12.8. The van der Waals surface area contributed by atoms with Crippen molar-refractivity contribution in [1.29, 1.82) is 0 Å². The first-order valence-corrected chi connectivity index (χ1v) is 7.99. The number of carbonyl (C=O) groups excluding carboxylic acids is 1. The summed E-state index contributed by atoms with van der Waals surface area (Å²) in [5.74, 6) is 0.539. The number of hydrogen-bond acceptors (Lipinski definition) is 3. The Morgan fingerprint density at radius 3 is 2.83 bits per heavy atom. The van der Waals surface area contributed by atoms with Crippen LogP contribution in [0.4, 0.5) is 0 Å². The van der Waals surface area contributed by atoms with Gasteiger partial charge in [0.2, 0.25) is 0 Å². The Hall–Kier alpha value is -2.37. The maximum absolute atomic E-state index is 12.1. The van der Waals surface area contributed by atoms with Crippen LogP contribution in [0.5, 0.6) is 0 Å². The fourth-order valence-electron chi connectivity index (χ4n) is 2.35. The molecule has 2 aromatic carbocycles. The van der Waals surface area contributed by atoms with Crippen LogP contribution in [0.15, 0.2) is 47.6 Å². The molecule has 0 saturated heterocycles. The first-order chi connectivity index (χ1) is 11.5. The number of aryl methyl sites for hydroxylation is 1. The second-order valence-corrected chi connectivity index (χ2v) is 6.02. The molecule has 3 rings (SSSR count). The topological polar surface area (TPSA) is 59.3 Å². The summed E-state index contributed by atoms with van der Waals surface area (Å²) < 4.78 is 1.85. The molecule has 0 bridgehead atoms. The fourth-order valence-corrected chi connectivity index (χ4v) is 2.65. The van der Waals surface area contributed by atoms with Crippen molar-refractivity contribution in [3.8, 4) is 0 Å². The number of imidazole rings is 1. The molecule has 1 heterocycles. The molecule has 24 heavy (non-hydrogen) atoms. The third-order valence-corrected chi connectivity index (χ3v) is 4.23. The van der Waals surface area contributed by atoms with Crippen LogP contribution < -0.4 is 5.43 Å². The summed E-state index contributed by atoms with van der Waals surface area (Å²) in [6.45, 7) is 2.01. The maximum atomic E-state index is 12.1. The number of benzene rings is 2. The van der Waals surface area contributed by atoms with E-state index in [1.807, 2.05) is 35.8 Å². The Bertz CT molecular complexity index is 933. The van der Waals surface area contributed by atoms with Crippen molar-refractivity contribution in [2.24, 2.45) is 5.10 Å². The SMILES string of the molecule is Cc1nc2ccccc2n1CC(=O)NN=Cc1ccc(Cl)c(Cl)c1.